The Morgan fingerprint density at radius 3 is 2.54 bits per heavy atom. The molecule has 4 rings (SSSR count). The molecule has 1 saturated heterocycles. The second-order valence-corrected chi connectivity index (χ2v) is 8.66. The van der Waals surface area contributed by atoms with Crippen LogP contribution in [0.1, 0.15) is 32.3 Å². The van der Waals surface area contributed by atoms with Gasteiger partial charge in [-0.2, -0.15) is 0 Å². The monoisotopic (exact) mass is 512 g/mol. The minimum Gasteiger partial charge on any atom is -0.494 e. The number of benzene rings is 1. The SMILES string of the molecule is COc1cccnc1-c1ccc(Oc2ncnc(OC3CCN(OC(=O)OC(C)C)CC3)c2C)c(F)c1. The number of carbonyl (C=O) groups is 1. The van der Waals surface area contributed by atoms with Crippen LogP contribution in [0.5, 0.6) is 23.3 Å². The Kier molecular flexibility index (Phi) is 8.34. The first-order chi connectivity index (χ1) is 17.8. The molecule has 3 aromatic rings. The van der Waals surface area contributed by atoms with Gasteiger partial charge in [0, 0.05) is 37.7 Å². The van der Waals surface area contributed by atoms with Crippen molar-refractivity contribution < 1.29 is 33.0 Å². The van der Waals surface area contributed by atoms with Crippen molar-refractivity contribution in [2.45, 2.75) is 45.8 Å². The lowest BCUT2D eigenvalue weighted by molar-refractivity contribution is -0.151. The molecule has 11 heteroatoms. The van der Waals surface area contributed by atoms with Crippen molar-refractivity contribution >= 4 is 6.16 Å². The number of methoxy groups -OCH3 is 1. The fourth-order valence-corrected chi connectivity index (χ4v) is 3.77. The summed E-state index contributed by atoms with van der Waals surface area (Å²) in [5.74, 6) is 0.499. The van der Waals surface area contributed by atoms with Crippen LogP contribution >= 0.6 is 0 Å². The fourth-order valence-electron chi connectivity index (χ4n) is 3.77. The predicted molar refractivity (Wildman–Crippen MR) is 131 cm³/mol. The van der Waals surface area contributed by atoms with Crippen LogP contribution in [0.4, 0.5) is 9.18 Å². The van der Waals surface area contributed by atoms with E-state index in [0.717, 1.165) is 0 Å². The van der Waals surface area contributed by atoms with E-state index in [9.17, 15) is 9.18 Å². The third kappa shape index (κ3) is 6.62. The second-order valence-electron chi connectivity index (χ2n) is 8.66. The van der Waals surface area contributed by atoms with Gasteiger partial charge in [0.25, 0.3) is 0 Å². The second kappa shape index (κ2) is 11.8. The van der Waals surface area contributed by atoms with E-state index < -0.39 is 12.0 Å². The van der Waals surface area contributed by atoms with E-state index in [1.54, 1.807) is 50.2 Å². The van der Waals surface area contributed by atoms with Crippen molar-refractivity contribution in [1.82, 2.24) is 20.0 Å². The Balaban J connectivity index is 1.39. The number of ether oxygens (including phenoxy) is 4. The van der Waals surface area contributed by atoms with Crippen molar-refractivity contribution in [1.29, 1.82) is 0 Å². The Morgan fingerprint density at radius 2 is 1.84 bits per heavy atom. The largest absolute Gasteiger partial charge is 0.528 e. The Bertz CT molecular complexity index is 1230. The number of halogens is 1. The summed E-state index contributed by atoms with van der Waals surface area (Å²) in [6, 6.07) is 8.05. The average Bonchev–Trinajstić information content (AvgIpc) is 2.88. The van der Waals surface area contributed by atoms with E-state index in [1.165, 1.54) is 25.6 Å². The summed E-state index contributed by atoms with van der Waals surface area (Å²) in [7, 11) is 1.53. The fraction of sp³-hybridized carbons (Fsp3) is 0.385. The lowest BCUT2D eigenvalue weighted by Crippen LogP contribution is -2.40. The number of rotatable bonds is 8. The molecule has 37 heavy (non-hydrogen) atoms. The first-order valence-electron chi connectivity index (χ1n) is 11.9. The highest BCUT2D eigenvalue weighted by Crippen LogP contribution is 2.34. The van der Waals surface area contributed by atoms with E-state index in [2.05, 4.69) is 15.0 Å². The first kappa shape index (κ1) is 26.1. The Hall–Kier alpha value is -3.99. The number of pyridine rings is 1. The molecule has 3 heterocycles. The number of hydrogen-bond donors (Lipinski definition) is 0. The van der Waals surface area contributed by atoms with Crippen LogP contribution in [0, 0.1) is 12.7 Å². The van der Waals surface area contributed by atoms with Gasteiger partial charge < -0.3 is 23.8 Å². The number of aromatic nitrogens is 3. The van der Waals surface area contributed by atoms with Crippen LogP contribution < -0.4 is 14.2 Å². The number of carbonyl (C=O) groups excluding carboxylic acids is 1. The molecule has 0 amide bonds. The molecule has 196 valence electrons. The van der Waals surface area contributed by atoms with E-state index >= 15 is 0 Å². The third-order valence-corrected chi connectivity index (χ3v) is 5.61. The molecule has 0 bridgehead atoms. The molecule has 1 aliphatic heterocycles. The van der Waals surface area contributed by atoms with Crippen LogP contribution in [0.3, 0.4) is 0 Å². The van der Waals surface area contributed by atoms with Crippen LogP contribution in [-0.4, -0.2) is 58.6 Å². The first-order valence-corrected chi connectivity index (χ1v) is 11.9. The summed E-state index contributed by atoms with van der Waals surface area (Å²) in [5.41, 5.74) is 1.62. The molecule has 1 aliphatic rings. The summed E-state index contributed by atoms with van der Waals surface area (Å²) in [6.07, 6.45) is 3.03. The highest BCUT2D eigenvalue weighted by atomic mass is 19.1. The summed E-state index contributed by atoms with van der Waals surface area (Å²) < 4.78 is 37.1. The summed E-state index contributed by atoms with van der Waals surface area (Å²) in [4.78, 5) is 29.5. The van der Waals surface area contributed by atoms with Crippen LogP contribution in [0.2, 0.25) is 0 Å². The van der Waals surface area contributed by atoms with Crippen molar-refractivity contribution in [2.75, 3.05) is 20.2 Å². The van der Waals surface area contributed by atoms with Gasteiger partial charge in [-0.3, -0.25) is 4.98 Å². The Labute approximate surface area is 214 Å². The molecule has 0 N–H and O–H groups in total. The van der Waals surface area contributed by atoms with Crippen molar-refractivity contribution in [3.63, 3.8) is 0 Å². The van der Waals surface area contributed by atoms with E-state index in [4.69, 9.17) is 23.8 Å². The van der Waals surface area contributed by atoms with Gasteiger partial charge in [0.2, 0.25) is 11.8 Å². The van der Waals surface area contributed by atoms with Crippen LogP contribution in [0.25, 0.3) is 11.3 Å². The van der Waals surface area contributed by atoms with Gasteiger partial charge in [0.1, 0.15) is 23.9 Å². The van der Waals surface area contributed by atoms with Gasteiger partial charge >= 0.3 is 6.16 Å². The molecule has 0 unspecified atom stereocenters. The lowest BCUT2D eigenvalue weighted by atomic mass is 10.1. The number of hydroxylamine groups is 2. The molecule has 1 fully saturated rings. The van der Waals surface area contributed by atoms with E-state index in [-0.39, 0.29) is 23.8 Å². The van der Waals surface area contributed by atoms with Gasteiger partial charge in [-0.1, -0.05) is 0 Å². The van der Waals surface area contributed by atoms with Gasteiger partial charge in [-0.15, -0.1) is 5.06 Å². The van der Waals surface area contributed by atoms with Crippen LogP contribution in [-0.2, 0) is 9.57 Å². The lowest BCUT2D eigenvalue weighted by Gasteiger charge is -2.30. The van der Waals surface area contributed by atoms with Gasteiger partial charge in [-0.05, 0) is 51.1 Å². The quantitative estimate of drug-likeness (QED) is 0.378. The van der Waals surface area contributed by atoms with Crippen molar-refractivity contribution in [2.24, 2.45) is 0 Å². The topological polar surface area (TPSA) is 105 Å². The maximum absolute atomic E-state index is 14.9. The van der Waals surface area contributed by atoms with E-state index in [1.807, 2.05) is 0 Å². The molecule has 0 aliphatic carbocycles. The normalized spacial score (nSPS) is 14.3. The molecule has 0 spiro atoms. The molecule has 0 saturated carbocycles. The maximum Gasteiger partial charge on any atom is 0.528 e. The van der Waals surface area contributed by atoms with Crippen molar-refractivity contribution in [3.8, 4) is 34.5 Å². The maximum atomic E-state index is 14.9. The summed E-state index contributed by atoms with van der Waals surface area (Å²) >= 11 is 0. The smallest absolute Gasteiger partial charge is 0.494 e. The van der Waals surface area contributed by atoms with Crippen molar-refractivity contribution in [3.05, 3.63) is 54.2 Å². The van der Waals surface area contributed by atoms with Gasteiger partial charge in [0.05, 0.1) is 18.8 Å². The standard InChI is InChI=1S/C26H29FN4O6/c1-16(2)34-26(32)37-31-12-9-19(10-13-31)35-24-17(3)25(30-15-29-24)36-21-8-7-18(14-20(21)27)23-22(33-4)6-5-11-28-23/h5-8,11,14-16,19H,9-10,12-13H2,1-4H3. The highest BCUT2D eigenvalue weighted by molar-refractivity contribution is 5.67. The molecule has 0 atom stereocenters. The Morgan fingerprint density at radius 1 is 1.08 bits per heavy atom. The molecule has 2 aromatic heterocycles. The van der Waals surface area contributed by atoms with Gasteiger partial charge in [0.15, 0.2) is 11.6 Å². The number of hydrogen-bond acceptors (Lipinski definition) is 10. The van der Waals surface area contributed by atoms with Gasteiger partial charge in [-0.25, -0.2) is 19.2 Å². The number of piperidine rings is 1. The summed E-state index contributed by atoms with van der Waals surface area (Å²) in [6.45, 7) is 6.24. The molecule has 1 aromatic carbocycles. The average molecular weight is 513 g/mol. The molecule has 0 radical (unpaired) electrons. The minimum atomic E-state index is -0.720. The number of nitrogens with zero attached hydrogens (tertiary/aromatic N) is 4. The minimum absolute atomic E-state index is 0.00476. The zero-order valence-corrected chi connectivity index (χ0v) is 21.1. The zero-order valence-electron chi connectivity index (χ0n) is 21.1. The molecular formula is C26H29FN4O6. The summed E-state index contributed by atoms with van der Waals surface area (Å²) in [5, 5.41) is 1.55. The van der Waals surface area contributed by atoms with E-state index in [0.29, 0.717) is 54.4 Å². The predicted octanol–water partition coefficient (Wildman–Crippen LogP) is 5.11. The van der Waals surface area contributed by atoms with Crippen LogP contribution in [0.15, 0.2) is 42.9 Å². The molecule has 10 nitrogen and oxygen atoms in total. The zero-order chi connectivity index (χ0) is 26.4. The third-order valence-electron chi connectivity index (χ3n) is 5.61. The molecular weight excluding hydrogens is 483 g/mol. The highest BCUT2D eigenvalue weighted by Gasteiger charge is 2.25.